The number of nitrogens with zero attached hydrogens (tertiary/aromatic N) is 2. The van der Waals surface area contributed by atoms with E-state index in [9.17, 15) is 9.59 Å². The molecular weight excluding hydrogens is 304 g/mol. The number of nitrogens with one attached hydrogen (secondary N) is 2. The number of benzene rings is 1. The Hall–Kier alpha value is -2.74. The highest BCUT2D eigenvalue weighted by Gasteiger charge is 2.17. The Balaban J connectivity index is 1.84. The van der Waals surface area contributed by atoms with Crippen LogP contribution in [0.2, 0.25) is 0 Å². The Bertz CT molecular complexity index is 870. The highest BCUT2D eigenvalue weighted by atomic mass is 32.1. The summed E-state index contributed by atoms with van der Waals surface area (Å²) in [6.07, 6.45) is 1.26. The van der Waals surface area contributed by atoms with Crippen molar-refractivity contribution in [1.29, 1.82) is 0 Å². The molecule has 0 saturated heterocycles. The largest absolute Gasteiger partial charge is 0.494 e. The second-order valence-electron chi connectivity index (χ2n) is 4.35. The molecule has 22 heavy (non-hydrogen) atoms. The first-order valence-corrected chi connectivity index (χ1v) is 7.33. The number of hydrogen-bond acceptors (Lipinski definition) is 6. The van der Waals surface area contributed by atoms with Crippen LogP contribution in [-0.2, 0) is 0 Å². The minimum Gasteiger partial charge on any atom is -0.494 e. The first kappa shape index (κ1) is 14.2. The fourth-order valence-corrected chi connectivity index (χ4v) is 2.64. The van der Waals surface area contributed by atoms with E-state index in [0.29, 0.717) is 22.7 Å². The third kappa shape index (κ3) is 2.68. The Morgan fingerprint density at radius 1 is 1.32 bits per heavy atom. The lowest BCUT2D eigenvalue weighted by atomic mass is 10.3. The third-order valence-electron chi connectivity index (χ3n) is 2.90. The molecule has 0 radical (unpaired) electrons. The second kappa shape index (κ2) is 5.94. The lowest BCUT2D eigenvalue weighted by Gasteiger charge is -2.06. The average molecular weight is 316 g/mol. The highest BCUT2D eigenvalue weighted by molar-refractivity contribution is 7.09. The molecule has 0 fully saturated rings. The van der Waals surface area contributed by atoms with Crippen molar-refractivity contribution in [2.75, 3.05) is 11.9 Å². The van der Waals surface area contributed by atoms with E-state index in [1.165, 1.54) is 6.33 Å². The van der Waals surface area contributed by atoms with Crippen LogP contribution in [-0.4, -0.2) is 26.9 Å². The monoisotopic (exact) mass is 316 g/mol. The number of hydrogen-bond donors (Lipinski definition) is 2. The molecule has 1 amide bonds. The van der Waals surface area contributed by atoms with Gasteiger partial charge in [-0.15, -0.1) is 0 Å². The van der Waals surface area contributed by atoms with Crippen molar-refractivity contribution in [3.63, 3.8) is 0 Å². The number of fused-ring (bicyclic) bond motifs is 1. The van der Waals surface area contributed by atoms with E-state index in [-0.39, 0.29) is 17.0 Å². The van der Waals surface area contributed by atoms with Crippen molar-refractivity contribution in [3.8, 4) is 5.75 Å². The van der Waals surface area contributed by atoms with Crippen LogP contribution < -0.4 is 15.6 Å². The number of carbonyl (C=O) groups excluding carboxylic acids is 1. The first-order valence-electron chi connectivity index (χ1n) is 6.56. The van der Waals surface area contributed by atoms with Gasteiger partial charge in [0, 0.05) is 5.69 Å². The molecule has 0 aliphatic rings. The smallest absolute Gasteiger partial charge is 0.278 e. The second-order valence-corrected chi connectivity index (χ2v) is 5.13. The first-order chi connectivity index (χ1) is 10.7. The fourth-order valence-electron chi connectivity index (χ4n) is 1.92. The zero-order chi connectivity index (χ0) is 15.5. The molecular formula is C14H12N4O3S. The van der Waals surface area contributed by atoms with E-state index in [4.69, 9.17) is 4.74 Å². The van der Waals surface area contributed by atoms with Gasteiger partial charge in [-0.2, -0.15) is 4.37 Å². The Labute approximate surface area is 129 Å². The van der Waals surface area contributed by atoms with Crippen LogP contribution in [0.4, 0.5) is 5.69 Å². The summed E-state index contributed by atoms with van der Waals surface area (Å²) >= 11 is 0.946. The fraction of sp³-hybridized carbons (Fsp3) is 0.143. The maximum Gasteiger partial charge on any atom is 0.278 e. The average Bonchev–Trinajstić information content (AvgIpc) is 2.95. The molecule has 0 atom stereocenters. The molecule has 0 aliphatic carbocycles. The molecule has 0 aliphatic heterocycles. The van der Waals surface area contributed by atoms with Gasteiger partial charge in [-0.1, -0.05) is 0 Å². The van der Waals surface area contributed by atoms with Crippen molar-refractivity contribution >= 4 is 34.2 Å². The van der Waals surface area contributed by atoms with Crippen LogP contribution in [0.3, 0.4) is 0 Å². The summed E-state index contributed by atoms with van der Waals surface area (Å²) in [6.45, 7) is 2.48. The van der Waals surface area contributed by atoms with Gasteiger partial charge in [0.1, 0.15) is 16.1 Å². The predicted molar refractivity (Wildman–Crippen MR) is 83.6 cm³/mol. The van der Waals surface area contributed by atoms with Crippen molar-refractivity contribution in [1.82, 2.24) is 14.3 Å². The summed E-state index contributed by atoms with van der Waals surface area (Å²) < 4.78 is 9.31. The van der Waals surface area contributed by atoms with E-state index in [2.05, 4.69) is 19.7 Å². The van der Waals surface area contributed by atoms with E-state index in [0.717, 1.165) is 17.3 Å². The number of carbonyl (C=O) groups is 1. The van der Waals surface area contributed by atoms with Crippen LogP contribution in [0.5, 0.6) is 5.75 Å². The summed E-state index contributed by atoms with van der Waals surface area (Å²) in [5.41, 5.74) is 0.739. The minimum atomic E-state index is -0.360. The van der Waals surface area contributed by atoms with Crippen LogP contribution in [0, 0.1) is 0 Å². The molecule has 1 aromatic carbocycles. The van der Waals surface area contributed by atoms with Gasteiger partial charge in [-0.3, -0.25) is 9.59 Å². The topological polar surface area (TPSA) is 97.0 Å². The quantitative estimate of drug-likeness (QED) is 0.767. The van der Waals surface area contributed by atoms with Crippen LogP contribution >= 0.6 is 11.5 Å². The Kier molecular flexibility index (Phi) is 3.84. The minimum absolute atomic E-state index is 0.171. The van der Waals surface area contributed by atoms with Crippen molar-refractivity contribution in [3.05, 3.63) is 45.8 Å². The molecule has 8 heteroatoms. The molecule has 0 bridgehead atoms. The number of aromatic amines is 1. The van der Waals surface area contributed by atoms with Gasteiger partial charge >= 0.3 is 0 Å². The van der Waals surface area contributed by atoms with Gasteiger partial charge in [0.2, 0.25) is 0 Å². The molecule has 3 aromatic rings. The van der Waals surface area contributed by atoms with Crippen molar-refractivity contribution in [2.24, 2.45) is 0 Å². The van der Waals surface area contributed by atoms with Gasteiger partial charge in [-0.25, -0.2) is 4.98 Å². The Morgan fingerprint density at radius 2 is 2.09 bits per heavy atom. The van der Waals surface area contributed by atoms with E-state index in [1.807, 2.05) is 6.92 Å². The third-order valence-corrected chi connectivity index (χ3v) is 3.74. The number of ether oxygens (including phenoxy) is 1. The lowest BCUT2D eigenvalue weighted by Crippen LogP contribution is -2.12. The lowest BCUT2D eigenvalue weighted by molar-refractivity contribution is 0.103. The number of H-pyrrole nitrogens is 1. The van der Waals surface area contributed by atoms with Crippen LogP contribution in [0.15, 0.2) is 35.4 Å². The van der Waals surface area contributed by atoms with Gasteiger partial charge in [0.25, 0.3) is 11.5 Å². The van der Waals surface area contributed by atoms with Crippen molar-refractivity contribution in [2.45, 2.75) is 6.92 Å². The van der Waals surface area contributed by atoms with Gasteiger partial charge in [0.05, 0.1) is 12.9 Å². The molecule has 3 rings (SSSR count). The molecule has 0 saturated carbocycles. The molecule has 7 nitrogen and oxygen atoms in total. The summed E-state index contributed by atoms with van der Waals surface area (Å²) in [4.78, 5) is 30.6. The molecule has 2 aromatic heterocycles. The molecule has 112 valence electrons. The Morgan fingerprint density at radius 3 is 2.82 bits per heavy atom. The van der Waals surface area contributed by atoms with Gasteiger partial charge in [0.15, 0.2) is 5.52 Å². The maximum absolute atomic E-state index is 12.3. The maximum atomic E-state index is 12.3. The zero-order valence-electron chi connectivity index (χ0n) is 11.6. The summed E-state index contributed by atoms with van der Waals surface area (Å²) in [5, 5.41) is 2.75. The molecule has 0 spiro atoms. The number of rotatable bonds is 4. The molecule has 2 N–H and O–H groups in total. The summed E-state index contributed by atoms with van der Waals surface area (Å²) in [5.74, 6) is 0.381. The number of anilines is 1. The van der Waals surface area contributed by atoms with Crippen LogP contribution in [0.1, 0.15) is 16.6 Å². The van der Waals surface area contributed by atoms with E-state index < -0.39 is 0 Å². The standard InChI is InChI=1S/C14H12N4O3S/c1-2-21-9-5-3-8(4-6-9)17-14(20)12-10-11(18-22-12)13(19)16-7-15-10/h3-7H,2H2,1H3,(H,17,20)(H,15,16,19). The normalized spacial score (nSPS) is 10.6. The zero-order valence-corrected chi connectivity index (χ0v) is 12.4. The van der Waals surface area contributed by atoms with Gasteiger partial charge in [-0.05, 0) is 42.7 Å². The summed E-state index contributed by atoms with van der Waals surface area (Å²) in [6, 6.07) is 7.03. The number of aromatic nitrogens is 3. The number of amides is 1. The van der Waals surface area contributed by atoms with E-state index >= 15 is 0 Å². The van der Waals surface area contributed by atoms with Crippen LogP contribution in [0.25, 0.3) is 11.0 Å². The SMILES string of the molecule is CCOc1ccc(NC(=O)c2snc3c(=O)[nH]cnc23)cc1. The van der Waals surface area contributed by atoms with Crippen molar-refractivity contribution < 1.29 is 9.53 Å². The highest BCUT2D eigenvalue weighted by Crippen LogP contribution is 2.20. The molecule has 0 unspecified atom stereocenters. The molecule has 2 heterocycles. The predicted octanol–water partition coefficient (Wildman–Crippen LogP) is 2.03. The summed E-state index contributed by atoms with van der Waals surface area (Å²) in [7, 11) is 0. The van der Waals surface area contributed by atoms with E-state index in [1.54, 1.807) is 24.3 Å². The van der Waals surface area contributed by atoms with Gasteiger partial charge < -0.3 is 15.0 Å².